The molecule has 1 N–H and O–H groups in total. The predicted octanol–water partition coefficient (Wildman–Crippen LogP) is 4.53. The average Bonchev–Trinajstić information content (AvgIpc) is 2.99. The summed E-state index contributed by atoms with van der Waals surface area (Å²) in [6.07, 6.45) is 3.74. The van der Waals surface area contributed by atoms with E-state index in [4.69, 9.17) is 11.6 Å². The smallest absolute Gasteiger partial charge is 0.0722 e. The zero-order valence-electron chi connectivity index (χ0n) is 14.0. The van der Waals surface area contributed by atoms with Crippen molar-refractivity contribution < 1.29 is 0 Å². The molecular formula is C19H21ClN4. The molecule has 4 rings (SSSR count). The second-order valence-corrected chi connectivity index (χ2v) is 6.53. The molecule has 4 nitrogen and oxygen atoms in total. The number of hydrazine groups is 1. The Kier molecular flexibility index (Phi) is 3.94. The lowest BCUT2D eigenvalue weighted by atomic mass is 10.0. The fourth-order valence-corrected chi connectivity index (χ4v) is 3.73. The highest BCUT2D eigenvalue weighted by Crippen LogP contribution is 2.45. The average molecular weight is 341 g/mol. The highest BCUT2D eigenvalue weighted by Gasteiger charge is 2.24. The van der Waals surface area contributed by atoms with Crippen LogP contribution in [0.2, 0.25) is 5.02 Å². The molecule has 1 aliphatic rings. The summed E-state index contributed by atoms with van der Waals surface area (Å²) >= 11 is 6.47. The molecule has 0 atom stereocenters. The molecule has 0 radical (unpaired) electrons. The van der Waals surface area contributed by atoms with Crippen LogP contribution in [0.1, 0.15) is 13.8 Å². The number of aromatic nitrogens is 1. The summed E-state index contributed by atoms with van der Waals surface area (Å²) in [6.45, 7) is 8.51. The van der Waals surface area contributed by atoms with Gasteiger partial charge in [0.1, 0.15) is 0 Å². The number of pyridine rings is 1. The SMILES string of the molecule is CCN(CC)CCN1Nc2c3ccncc3cc3c(Cl)ccc1c23. The Labute approximate surface area is 147 Å². The van der Waals surface area contributed by atoms with Crippen LogP contribution in [0.5, 0.6) is 0 Å². The van der Waals surface area contributed by atoms with Gasteiger partial charge < -0.3 is 4.90 Å². The van der Waals surface area contributed by atoms with Crippen LogP contribution in [0, 0.1) is 0 Å². The minimum Gasteiger partial charge on any atom is -0.302 e. The van der Waals surface area contributed by atoms with Gasteiger partial charge in [0, 0.05) is 45.5 Å². The van der Waals surface area contributed by atoms with Crippen LogP contribution in [-0.2, 0) is 0 Å². The van der Waals surface area contributed by atoms with Gasteiger partial charge in [0.2, 0.25) is 0 Å². The summed E-state index contributed by atoms with van der Waals surface area (Å²) < 4.78 is 0. The monoisotopic (exact) mass is 340 g/mol. The molecule has 1 aromatic heterocycles. The molecule has 0 spiro atoms. The van der Waals surface area contributed by atoms with Gasteiger partial charge in [-0.2, -0.15) is 0 Å². The van der Waals surface area contributed by atoms with E-state index < -0.39 is 0 Å². The van der Waals surface area contributed by atoms with E-state index in [1.54, 1.807) is 0 Å². The van der Waals surface area contributed by atoms with Crippen molar-refractivity contribution in [3.63, 3.8) is 0 Å². The third kappa shape index (κ3) is 2.38. The zero-order chi connectivity index (χ0) is 16.7. The van der Waals surface area contributed by atoms with Crippen LogP contribution in [-0.4, -0.2) is 36.1 Å². The van der Waals surface area contributed by atoms with Crippen molar-refractivity contribution >= 4 is 44.5 Å². The molecule has 3 aromatic rings. The van der Waals surface area contributed by atoms with Crippen molar-refractivity contribution in [2.75, 3.05) is 36.6 Å². The number of nitrogens with zero attached hydrogens (tertiary/aromatic N) is 3. The molecule has 5 heteroatoms. The number of hydrogen-bond donors (Lipinski definition) is 1. The first kappa shape index (κ1) is 15.5. The van der Waals surface area contributed by atoms with Crippen molar-refractivity contribution in [2.24, 2.45) is 0 Å². The number of nitrogens with one attached hydrogen (secondary N) is 1. The van der Waals surface area contributed by atoms with E-state index in [0.717, 1.165) is 47.7 Å². The predicted molar refractivity (Wildman–Crippen MR) is 103 cm³/mol. The Bertz CT molecular complexity index is 905. The first-order valence-corrected chi connectivity index (χ1v) is 8.86. The van der Waals surface area contributed by atoms with E-state index in [-0.39, 0.29) is 0 Å². The molecule has 2 heterocycles. The highest BCUT2D eigenvalue weighted by molar-refractivity contribution is 6.38. The topological polar surface area (TPSA) is 31.4 Å². The molecule has 1 aliphatic heterocycles. The Morgan fingerprint density at radius 1 is 1.17 bits per heavy atom. The van der Waals surface area contributed by atoms with E-state index in [9.17, 15) is 0 Å². The maximum Gasteiger partial charge on any atom is 0.0722 e. The Morgan fingerprint density at radius 3 is 2.79 bits per heavy atom. The molecule has 0 bridgehead atoms. The standard InChI is InChI=1S/C19H21ClN4/c1-3-23(4-2)9-10-24-17-6-5-16(20)15-11-13-12-21-8-7-14(13)19(22-24)18(15)17/h5-8,11-12,22H,3-4,9-10H2,1-2H3. The Hall–Kier alpha value is -2.04. The molecule has 124 valence electrons. The van der Waals surface area contributed by atoms with Gasteiger partial charge in [-0.3, -0.25) is 15.4 Å². The number of rotatable bonds is 5. The number of halogens is 1. The van der Waals surface area contributed by atoms with Gasteiger partial charge in [-0.25, -0.2) is 0 Å². The summed E-state index contributed by atoms with van der Waals surface area (Å²) in [6, 6.07) is 8.31. The largest absolute Gasteiger partial charge is 0.302 e. The second-order valence-electron chi connectivity index (χ2n) is 6.13. The van der Waals surface area contributed by atoms with Crippen LogP contribution in [0.25, 0.3) is 21.5 Å². The van der Waals surface area contributed by atoms with E-state index >= 15 is 0 Å². The highest BCUT2D eigenvalue weighted by atomic mass is 35.5. The number of likely N-dealkylation sites (N-methyl/N-ethyl adjacent to an activating group) is 1. The van der Waals surface area contributed by atoms with Crippen LogP contribution >= 0.6 is 11.6 Å². The lowest BCUT2D eigenvalue weighted by molar-refractivity contribution is 0.311. The summed E-state index contributed by atoms with van der Waals surface area (Å²) in [5, 5.41) is 7.62. The van der Waals surface area contributed by atoms with Crippen LogP contribution in [0.3, 0.4) is 0 Å². The van der Waals surface area contributed by atoms with Gasteiger partial charge in [0.15, 0.2) is 0 Å². The summed E-state index contributed by atoms with van der Waals surface area (Å²) in [5.41, 5.74) is 5.95. The maximum atomic E-state index is 6.47. The van der Waals surface area contributed by atoms with Crippen LogP contribution in [0.4, 0.5) is 11.4 Å². The first-order chi connectivity index (χ1) is 11.7. The molecule has 0 saturated carbocycles. The third-order valence-corrected chi connectivity index (χ3v) is 5.24. The van der Waals surface area contributed by atoms with Crippen molar-refractivity contribution in [3.8, 4) is 0 Å². The van der Waals surface area contributed by atoms with Crippen LogP contribution in [0.15, 0.2) is 36.7 Å². The van der Waals surface area contributed by atoms with Crippen molar-refractivity contribution in [3.05, 3.63) is 41.7 Å². The molecule has 0 unspecified atom stereocenters. The normalized spacial score (nSPS) is 13.2. The lowest BCUT2D eigenvalue weighted by Gasteiger charge is -2.25. The summed E-state index contributed by atoms with van der Waals surface area (Å²) in [4.78, 5) is 6.68. The van der Waals surface area contributed by atoms with E-state index in [0.29, 0.717) is 0 Å². The van der Waals surface area contributed by atoms with Crippen molar-refractivity contribution in [1.82, 2.24) is 9.88 Å². The van der Waals surface area contributed by atoms with Gasteiger partial charge in [-0.05, 0) is 37.4 Å². The minimum absolute atomic E-state index is 0.785. The van der Waals surface area contributed by atoms with Crippen LogP contribution < -0.4 is 10.4 Å². The van der Waals surface area contributed by atoms with Crippen molar-refractivity contribution in [1.29, 1.82) is 0 Å². The fraction of sp³-hybridized carbons (Fsp3) is 0.316. The van der Waals surface area contributed by atoms with Crippen molar-refractivity contribution in [2.45, 2.75) is 13.8 Å². The molecular weight excluding hydrogens is 320 g/mol. The van der Waals surface area contributed by atoms with Gasteiger partial charge in [0.25, 0.3) is 0 Å². The molecule has 0 aliphatic carbocycles. The molecule has 0 saturated heterocycles. The van der Waals surface area contributed by atoms with Gasteiger partial charge in [0.05, 0.1) is 17.9 Å². The van der Waals surface area contributed by atoms with E-state index in [2.05, 4.69) is 52.4 Å². The molecule has 0 fully saturated rings. The van der Waals surface area contributed by atoms with Gasteiger partial charge in [-0.1, -0.05) is 25.4 Å². The van der Waals surface area contributed by atoms with E-state index in [1.807, 2.05) is 18.5 Å². The second kappa shape index (κ2) is 6.11. The number of hydrogen-bond acceptors (Lipinski definition) is 4. The Morgan fingerprint density at radius 2 is 2.00 bits per heavy atom. The quantitative estimate of drug-likeness (QED) is 0.691. The fourth-order valence-electron chi connectivity index (χ4n) is 3.52. The van der Waals surface area contributed by atoms with Gasteiger partial charge in [-0.15, -0.1) is 0 Å². The molecule has 0 amide bonds. The lowest BCUT2D eigenvalue weighted by Crippen LogP contribution is -2.36. The molecule has 2 aromatic carbocycles. The number of benzene rings is 2. The zero-order valence-corrected chi connectivity index (χ0v) is 14.8. The molecule has 24 heavy (non-hydrogen) atoms. The first-order valence-electron chi connectivity index (χ1n) is 8.48. The Balaban J connectivity index is 1.81. The third-order valence-electron chi connectivity index (χ3n) is 4.91. The van der Waals surface area contributed by atoms with E-state index in [1.165, 1.54) is 16.5 Å². The summed E-state index contributed by atoms with van der Waals surface area (Å²) in [5.74, 6) is 0. The number of fused-ring (bicyclic) bond motifs is 2. The minimum atomic E-state index is 0.785. The van der Waals surface area contributed by atoms with Gasteiger partial charge >= 0.3 is 0 Å². The number of anilines is 2. The summed E-state index contributed by atoms with van der Waals surface area (Å²) in [7, 11) is 0. The maximum absolute atomic E-state index is 6.47.